The van der Waals surface area contributed by atoms with Crippen LogP contribution in [-0.2, 0) is 10.1 Å². The Hall–Kier alpha value is 1.13. The predicted octanol–water partition coefficient (Wildman–Crippen LogP) is -1.69. The van der Waals surface area contributed by atoms with Gasteiger partial charge in [0.05, 0.1) is 5.25 Å². The summed E-state index contributed by atoms with van der Waals surface area (Å²) in [5.41, 5.74) is 4.92. The summed E-state index contributed by atoms with van der Waals surface area (Å²) in [7, 11) is -3.88. The van der Waals surface area contributed by atoms with Gasteiger partial charge in [0.1, 0.15) is 0 Å². The molecule has 0 rings (SSSR count). The van der Waals surface area contributed by atoms with E-state index in [1.165, 1.54) is 6.92 Å². The fourth-order valence-corrected chi connectivity index (χ4v) is 0.365. The average molecular weight is 181 g/mol. The van der Waals surface area contributed by atoms with E-state index >= 15 is 0 Å². The Labute approximate surface area is 84.6 Å². The van der Waals surface area contributed by atoms with Crippen LogP contribution in [0.1, 0.15) is 6.92 Å². The maximum absolute atomic E-state index is 10.0. The van der Waals surface area contributed by atoms with Gasteiger partial charge in [0, 0.05) is 6.54 Å². The molecule has 6 heteroatoms. The predicted molar refractivity (Wildman–Crippen MR) is 38.6 cm³/mol. The molecule has 0 aromatic rings. The number of hydrogen-bond donors (Lipinski definition) is 2. The Balaban J connectivity index is 0. The monoisotopic (exact) mass is 181 g/mol. The van der Waals surface area contributed by atoms with Gasteiger partial charge in [-0.2, -0.15) is 8.42 Å². The fourth-order valence-electron chi connectivity index (χ4n) is 0.122. The van der Waals surface area contributed by atoms with Crippen molar-refractivity contribution in [2.75, 3.05) is 6.54 Å². The molecule has 54 valence electrons. The SMILES string of the molecule is CC(CN)S(=O)(=O)O.[CaH2]. The first-order valence-electron chi connectivity index (χ1n) is 2.15. The van der Waals surface area contributed by atoms with Crippen LogP contribution in [0.3, 0.4) is 0 Å². The molecule has 9 heavy (non-hydrogen) atoms. The molecule has 3 N–H and O–H groups in total. The van der Waals surface area contributed by atoms with Crippen molar-refractivity contribution in [3.05, 3.63) is 0 Å². The van der Waals surface area contributed by atoms with Crippen LogP contribution in [0.2, 0.25) is 0 Å². The van der Waals surface area contributed by atoms with E-state index < -0.39 is 15.4 Å². The van der Waals surface area contributed by atoms with Crippen LogP contribution in [0, 0.1) is 0 Å². The average Bonchev–Trinajstić information content (AvgIpc) is 1.62. The van der Waals surface area contributed by atoms with Crippen molar-refractivity contribution < 1.29 is 13.0 Å². The third-order valence-electron chi connectivity index (χ3n) is 0.840. The van der Waals surface area contributed by atoms with Gasteiger partial charge >= 0.3 is 37.7 Å². The zero-order chi connectivity index (χ0) is 6.78. The summed E-state index contributed by atoms with van der Waals surface area (Å²) >= 11 is 0. The van der Waals surface area contributed by atoms with E-state index in [2.05, 4.69) is 0 Å². The van der Waals surface area contributed by atoms with E-state index in [4.69, 9.17) is 10.3 Å². The Morgan fingerprint density at radius 1 is 1.67 bits per heavy atom. The van der Waals surface area contributed by atoms with E-state index in [0.717, 1.165) is 0 Å². The zero-order valence-corrected chi connectivity index (χ0v) is 5.35. The van der Waals surface area contributed by atoms with Crippen LogP contribution in [-0.4, -0.2) is 62.5 Å². The normalized spacial score (nSPS) is 14.1. The maximum atomic E-state index is 10.0. The molecule has 0 saturated carbocycles. The van der Waals surface area contributed by atoms with Crippen molar-refractivity contribution in [2.24, 2.45) is 5.73 Å². The van der Waals surface area contributed by atoms with Crippen LogP contribution in [0.5, 0.6) is 0 Å². The molecule has 0 fully saturated rings. The second kappa shape index (κ2) is 4.87. The third kappa shape index (κ3) is 5.57. The molecule has 0 bridgehead atoms. The molecule has 0 aromatic heterocycles. The van der Waals surface area contributed by atoms with Gasteiger partial charge < -0.3 is 5.73 Å². The van der Waals surface area contributed by atoms with Crippen LogP contribution in [0.25, 0.3) is 0 Å². The summed E-state index contributed by atoms with van der Waals surface area (Å²) in [6.07, 6.45) is 0. The molecule has 0 saturated heterocycles. The Bertz CT molecular complexity index is 154. The Morgan fingerprint density at radius 2 is 2.00 bits per heavy atom. The number of rotatable bonds is 2. The van der Waals surface area contributed by atoms with Crippen molar-refractivity contribution >= 4 is 47.9 Å². The first kappa shape index (κ1) is 12.8. The molecular weight excluding hydrogens is 170 g/mol. The van der Waals surface area contributed by atoms with Gasteiger partial charge in [-0.3, -0.25) is 4.55 Å². The van der Waals surface area contributed by atoms with Crippen LogP contribution < -0.4 is 5.73 Å². The van der Waals surface area contributed by atoms with E-state index in [1.807, 2.05) is 0 Å². The van der Waals surface area contributed by atoms with Crippen molar-refractivity contribution in [3.8, 4) is 0 Å². The summed E-state index contributed by atoms with van der Waals surface area (Å²) in [6, 6.07) is 0. The molecule has 4 nitrogen and oxygen atoms in total. The molecular formula is C3H11CaNO3S. The third-order valence-corrected chi connectivity index (χ3v) is 2.05. The van der Waals surface area contributed by atoms with Gasteiger partial charge in [0.25, 0.3) is 10.1 Å². The van der Waals surface area contributed by atoms with E-state index in [-0.39, 0.29) is 44.3 Å². The molecule has 0 aliphatic heterocycles. The first-order chi connectivity index (χ1) is 3.48. The number of hydrogen-bond acceptors (Lipinski definition) is 3. The van der Waals surface area contributed by atoms with E-state index in [9.17, 15) is 8.42 Å². The van der Waals surface area contributed by atoms with Gasteiger partial charge in [-0.25, -0.2) is 0 Å². The molecule has 0 amide bonds. The molecule has 0 aliphatic carbocycles. The van der Waals surface area contributed by atoms with Crippen LogP contribution >= 0.6 is 0 Å². The van der Waals surface area contributed by atoms with Gasteiger partial charge in [-0.15, -0.1) is 0 Å². The van der Waals surface area contributed by atoms with E-state index in [0.29, 0.717) is 0 Å². The molecule has 1 atom stereocenters. The molecule has 0 radical (unpaired) electrons. The summed E-state index contributed by atoms with van der Waals surface area (Å²) in [4.78, 5) is 0. The summed E-state index contributed by atoms with van der Waals surface area (Å²) in [5.74, 6) is 0. The zero-order valence-electron chi connectivity index (χ0n) is 4.53. The standard InChI is InChI=1S/C3H9NO3S.Ca.2H/c1-3(2-4)8(5,6)7;;;/h3H,2,4H2,1H3,(H,5,6,7);;;. The van der Waals surface area contributed by atoms with Crippen molar-refractivity contribution in [1.29, 1.82) is 0 Å². The molecule has 0 heterocycles. The van der Waals surface area contributed by atoms with Crippen molar-refractivity contribution in [3.63, 3.8) is 0 Å². The van der Waals surface area contributed by atoms with Gasteiger partial charge in [0.15, 0.2) is 0 Å². The van der Waals surface area contributed by atoms with Crippen molar-refractivity contribution in [2.45, 2.75) is 12.2 Å². The Kier molecular flexibility index (Phi) is 6.91. The summed E-state index contributed by atoms with van der Waals surface area (Å²) < 4.78 is 28.3. The second-order valence-electron chi connectivity index (χ2n) is 1.56. The fraction of sp³-hybridized carbons (Fsp3) is 1.00. The molecule has 0 aromatic carbocycles. The summed E-state index contributed by atoms with van der Waals surface area (Å²) in [6.45, 7) is 1.30. The molecule has 0 spiro atoms. The number of nitrogens with two attached hydrogens (primary N) is 1. The minimum atomic E-state index is -3.88. The van der Waals surface area contributed by atoms with Crippen LogP contribution in [0.15, 0.2) is 0 Å². The second-order valence-corrected chi connectivity index (χ2v) is 3.40. The van der Waals surface area contributed by atoms with Gasteiger partial charge in [-0.1, -0.05) is 0 Å². The van der Waals surface area contributed by atoms with Crippen LogP contribution in [0.4, 0.5) is 0 Å². The van der Waals surface area contributed by atoms with Gasteiger partial charge in [0.2, 0.25) is 0 Å². The first-order valence-corrected chi connectivity index (χ1v) is 3.65. The Morgan fingerprint density at radius 3 is 2.00 bits per heavy atom. The van der Waals surface area contributed by atoms with Crippen molar-refractivity contribution in [1.82, 2.24) is 0 Å². The topological polar surface area (TPSA) is 80.4 Å². The minimum absolute atomic E-state index is 0. The van der Waals surface area contributed by atoms with E-state index in [1.54, 1.807) is 0 Å². The molecule has 1 unspecified atom stereocenters. The summed E-state index contributed by atoms with van der Waals surface area (Å²) in [5, 5.41) is -0.845. The quantitative estimate of drug-likeness (QED) is 0.393. The molecule has 0 aliphatic rings. The van der Waals surface area contributed by atoms with Gasteiger partial charge in [-0.05, 0) is 6.92 Å².